The van der Waals surface area contributed by atoms with Crippen LogP contribution in [0.5, 0.6) is 0 Å². The first kappa shape index (κ1) is 19.9. The van der Waals surface area contributed by atoms with Crippen molar-refractivity contribution in [2.45, 2.75) is 57.8 Å². The average molecular weight is 362 g/mol. The Kier molecular flexibility index (Phi) is 8.67. The van der Waals surface area contributed by atoms with Crippen LogP contribution >= 0.6 is 0 Å². The zero-order valence-electron chi connectivity index (χ0n) is 16.8. The summed E-state index contributed by atoms with van der Waals surface area (Å²) in [6.07, 6.45) is 14.2. The average Bonchev–Trinajstić information content (AvgIpc) is 2.74. The second-order valence-electron chi connectivity index (χ2n) is 7.83. The molecule has 144 valence electrons. The first-order valence-electron chi connectivity index (χ1n) is 10.9. The van der Waals surface area contributed by atoms with E-state index in [1.807, 2.05) is 0 Å². The molecule has 0 saturated carbocycles. The van der Waals surface area contributed by atoms with Crippen LogP contribution in [-0.4, -0.2) is 24.5 Å². The van der Waals surface area contributed by atoms with Gasteiger partial charge in [-0.1, -0.05) is 73.2 Å². The summed E-state index contributed by atoms with van der Waals surface area (Å²) in [5.74, 6) is 0. The molecule has 1 saturated heterocycles. The molecule has 27 heavy (non-hydrogen) atoms. The summed E-state index contributed by atoms with van der Waals surface area (Å²) in [7, 11) is 0. The number of benzene rings is 2. The van der Waals surface area contributed by atoms with Gasteiger partial charge in [-0.15, -0.1) is 0 Å². The number of rotatable bonds is 10. The minimum Gasteiger partial charge on any atom is -0.303 e. The SMILES string of the molecule is C(CCCCN1CCCCC1)=C(CCCc1ccccc1)c1ccccc1. The Hall–Kier alpha value is -1.86. The second-order valence-corrected chi connectivity index (χ2v) is 7.83. The summed E-state index contributed by atoms with van der Waals surface area (Å²) in [6.45, 7) is 3.94. The molecule has 1 fully saturated rings. The zero-order valence-corrected chi connectivity index (χ0v) is 16.8. The topological polar surface area (TPSA) is 3.24 Å². The number of aryl methyl sites for hydroxylation is 1. The van der Waals surface area contributed by atoms with Gasteiger partial charge in [-0.2, -0.15) is 0 Å². The van der Waals surface area contributed by atoms with Gasteiger partial charge in [0.05, 0.1) is 0 Å². The number of hydrogen-bond donors (Lipinski definition) is 0. The van der Waals surface area contributed by atoms with Crippen LogP contribution in [0.2, 0.25) is 0 Å². The van der Waals surface area contributed by atoms with Gasteiger partial charge in [0.1, 0.15) is 0 Å². The van der Waals surface area contributed by atoms with Gasteiger partial charge >= 0.3 is 0 Å². The number of allylic oxidation sites excluding steroid dienone is 2. The normalized spacial score (nSPS) is 15.8. The molecule has 2 aromatic carbocycles. The van der Waals surface area contributed by atoms with Crippen molar-refractivity contribution in [1.29, 1.82) is 0 Å². The van der Waals surface area contributed by atoms with Crippen LogP contribution in [0.3, 0.4) is 0 Å². The molecule has 0 spiro atoms. The van der Waals surface area contributed by atoms with E-state index in [2.05, 4.69) is 71.6 Å². The highest BCUT2D eigenvalue weighted by atomic mass is 15.1. The number of hydrogen-bond acceptors (Lipinski definition) is 1. The molecule has 1 heteroatoms. The number of unbranched alkanes of at least 4 members (excludes halogenated alkanes) is 2. The van der Waals surface area contributed by atoms with Gasteiger partial charge in [-0.05, 0) is 87.7 Å². The van der Waals surface area contributed by atoms with Crippen molar-refractivity contribution in [3.63, 3.8) is 0 Å². The van der Waals surface area contributed by atoms with Crippen LogP contribution < -0.4 is 0 Å². The molecule has 1 nitrogen and oxygen atoms in total. The molecule has 1 heterocycles. The van der Waals surface area contributed by atoms with Crippen molar-refractivity contribution in [2.75, 3.05) is 19.6 Å². The molecule has 0 aromatic heterocycles. The van der Waals surface area contributed by atoms with Crippen molar-refractivity contribution < 1.29 is 0 Å². The van der Waals surface area contributed by atoms with E-state index in [1.54, 1.807) is 0 Å². The van der Waals surface area contributed by atoms with E-state index in [0.717, 1.165) is 0 Å². The number of nitrogens with zero attached hydrogens (tertiary/aromatic N) is 1. The summed E-state index contributed by atoms with van der Waals surface area (Å²) in [6, 6.07) is 21.8. The van der Waals surface area contributed by atoms with Gasteiger partial charge in [0.15, 0.2) is 0 Å². The van der Waals surface area contributed by atoms with Crippen LogP contribution in [0.1, 0.15) is 62.5 Å². The van der Waals surface area contributed by atoms with Crippen molar-refractivity contribution in [3.05, 3.63) is 77.9 Å². The fourth-order valence-corrected chi connectivity index (χ4v) is 4.08. The smallest absolute Gasteiger partial charge is 0.00186 e. The lowest BCUT2D eigenvalue weighted by Crippen LogP contribution is -2.30. The van der Waals surface area contributed by atoms with Crippen molar-refractivity contribution >= 4 is 5.57 Å². The molecule has 0 amide bonds. The van der Waals surface area contributed by atoms with Crippen LogP contribution in [0.25, 0.3) is 5.57 Å². The Morgan fingerprint density at radius 1 is 0.778 bits per heavy atom. The van der Waals surface area contributed by atoms with Crippen LogP contribution in [0, 0.1) is 0 Å². The van der Waals surface area contributed by atoms with Crippen molar-refractivity contribution in [1.82, 2.24) is 4.90 Å². The first-order chi connectivity index (χ1) is 13.4. The molecular formula is C26H35N. The van der Waals surface area contributed by atoms with Crippen LogP contribution in [0.4, 0.5) is 0 Å². The summed E-state index contributed by atoms with van der Waals surface area (Å²) in [5, 5.41) is 0. The van der Waals surface area contributed by atoms with E-state index in [-0.39, 0.29) is 0 Å². The highest BCUT2D eigenvalue weighted by Gasteiger charge is 2.08. The van der Waals surface area contributed by atoms with Crippen molar-refractivity contribution in [2.24, 2.45) is 0 Å². The summed E-state index contributed by atoms with van der Waals surface area (Å²) >= 11 is 0. The Balaban J connectivity index is 1.46. The maximum absolute atomic E-state index is 2.66. The molecule has 3 rings (SSSR count). The molecule has 1 aliphatic heterocycles. The highest BCUT2D eigenvalue weighted by Crippen LogP contribution is 2.22. The van der Waals surface area contributed by atoms with E-state index in [1.165, 1.54) is 94.1 Å². The standard InChI is InChI=1S/C26H35N/c1-5-14-24(15-6-1)16-13-20-26(25-17-7-2-8-18-25)19-9-3-10-21-27-22-11-4-12-23-27/h1-2,5-8,14-15,17-19H,3-4,9-13,16,20-23H2. The minimum absolute atomic E-state index is 1.17. The van der Waals surface area contributed by atoms with E-state index in [4.69, 9.17) is 0 Å². The molecule has 0 atom stereocenters. The van der Waals surface area contributed by atoms with E-state index in [9.17, 15) is 0 Å². The fraction of sp³-hybridized carbons (Fsp3) is 0.462. The highest BCUT2D eigenvalue weighted by molar-refractivity contribution is 5.65. The van der Waals surface area contributed by atoms with Gasteiger partial charge in [-0.3, -0.25) is 0 Å². The summed E-state index contributed by atoms with van der Waals surface area (Å²) in [5.41, 5.74) is 4.39. The maximum atomic E-state index is 2.66. The van der Waals surface area contributed by atoms with Crippen molar-refractivity contribution in [3.8, 4) is 0 Å². The molecular weight excluding hydrogens is 326 g/mol. The quantitative estimate of drug-likeness (QED) is 0.423. The Morgan fingerprint density at radius 2 is 1.48 bits per heavy atom. The third-order valence-corrected chi connectivity index (χ3v) is 5.67. The monoisotopic (exact) mass is 361 g/mol. The summed E-state index contributed by atoms with van der Waals surface area (Å²) in [4.78, 5) is 2.66. The van der Waals surface area contributed by atoms with Crippen LogP contribution in [0.15, 0.2) is 66.7 Å². The third-order valence-electron chi connectivity index (χ3n) is 5.67. The predicted octanol–water partition coefficient (Wildman–Crippen LogP) is 6.75. The van der Waals surface area contributed by atoms with Gasteiger partial charge in [0.25, 0.3) is 0 Å². The van der Waals surface area contributed by atoms with E-state index >= 15 is 0 Å². The zero-order chi connectivity index (χ0) is 18.6. The van der Waals surface area contributed by atoms with Gasteiger partial charge < -0.3 is 4.90 Å². The first-order valence-corrected chi connectivity index (χ1v) is 10.9. The maximum Gasteiger partial charge on any atom is -0.00186 e. The van der Waals surface area contributed by atoms with E-state index in [0.29, 0.717) is 0 Å². The lowest BCUT2D eigenvalue weighted by atomic mass is 9.97. The lowest BCUT2D eigenvalue weighted by molar-refractivity contribution is 0.225. The Labute approximate surface area is 166 Å². The Bertz CT molecular complexity index is 653. The van der Waals surface area contributed by atoms with Gasteiger partial charge in [0, 0.05) is 0 Å². The van der Waals surface area contributed by atoms with Gasteiger partial charge in [-0.25, -0.2) is 0 Å². The molecule has 2 aromatic rings. The largest absolute Gasteiger partial charge is 0.303 e. The second kappa shape index (κ2) is 11.8. The fourth-order valence-electron chi connectivity index (χ4n) is 4.08. The third kappa shape index (κ3) is 7.34. The predicted molar refractivity (Wildman–Crippen MR) is 118 cm³/mol. The minimum atomic E-state index is 1.17. The molecule has 0 bridgehead atoms. The molecule has 0 unspecified atom stereocenters. The molecule has 0 radical (unpaired) electrons. The number of likely N-dealkylation sites (tertiary alicyclic amines) is 1. The van der Waals surface area contributed by atoms with Crippen LogP contribution in [-0.2, 0) is 6.42 Å². The summed E-state index contributed by atoms with van der Waals surface area (Å²) < 4.78 is 0. The number of piperidine rings is 1. The molecule has 1 aliphatic rings. The molecule has 0 aliphatic carbocycles. The lowest BCUT2D eigenvalue weighted by Gasteiger charge is -2.26. The van der Waals surface area contributed by atoms with Gasteiger partial charge in [0.2, 0.25) is 0 Å². The Morgan fingerprint density at radius 3 is 2.22 bits per heavy atom. The van der Waals surface area contributed by atoms with E-state index < -0.39 is 0 Å². The molecule has 0 N–H and O–H groups in total.